The zero-order chi connectivity index (χ0) is 15.8. The number of anilines is 1. The molecule has 0 saturated heterocycles. The molecule has 1 aliphatic rings. The fourth-order valence-electron chi connectivity index (χ4n) is 2.63. The van der Waals surface area contributed by atoms with E-state index in [4.69, 9.17) is 16.0 Å². The fourth-order valence-corrected chi connectivity index (χ4v) is 2.75. The van der Waals surface area contributed by atoms with E-state index >= 15 is 0 Å². The Labute approximate surface area is 138 Å². The van der Waals surface area contributed by atoms with Crippen LogP contribution in [0.25, 0.3) is 11.3 Å². The molecule has 2 heterocycles. The zero-order valence-corrected chi connectivity index (χ0v) is 12.8. The van der Waals surface area contributed by atoms with Crippen molar-refractivity contribution in [1.29, 1.82) is 0 Å². The number of amides is 1. The van der Waals surface area contributed by atoms with Crippen LogP contribution in [-0.2, 0) is 0 Å². The predicted octanol–water partition coefficient (Wildman–Crippen LogP) is 4.45. The summed E-state index contributed by atoms with van der Waals surface area (Å²) < 4.78 is 5.89. The standard InChI is InChI=1S/C18H13ClN2O2/c19-12-7-5-11(6-8-12)15-9-10-16(23-15)17-20-14-4-2-1-3-13(14)18(22)21-17/h1-10,17,20H,(H,21,22)/t17-/m0/s1. The van der Waals surface area contributed by atoms with Crippen LogP contribution >= 0.6 is 11.6 Å². The second kappa shape index (κ2) is 5.48. The lowest BCUT2D eigenvalue weighted by Gasteiger charge is -2.26. The molecular weight excluding hydrogens is 312 g/mol. The van der Waals surface area contributed by atoms with Crippen LogP contribution < -0.4 is 10.6 Å². The number of nitrogens with one attached hydrogen (secondary N) is 2. The molecule has 114 valence electrons. The Hall–Kier alpha value is -2.72. The van der Waals surface area contributed by atoms with Crippen LogP contribution in [0, 0.1) is 0 Å². The van der Waals surface area contributed by atoms with E-state index in [1.807, 2.05) is 54.6 Å². The highest BCUT2D eigenvalue weighted by molar-refractivity contribution is 6.30. The normalized spacial score (nSPS) is 16.4. The van der Waals surface area contributed by atoms with Crippen molar-refractivity contribution in [2.45, 2.75) is 6.17 Å². The molecule has 2 aromatic carbocycles. The first-order valence-electron chi connectivity index (χ1n) is 7.23. The molecule has 2 N–H and O–H groups in total. The SMILES string of the molecule is O=C1N[C@@H](c2ccc(-c3ccc(Cl)cc3)o2)Nc2ccccc21. The van der Waals surface area contributed by atoms with E-state index in [1.165, 1.54) is 0 Å². The highest BCUT2D eigenvalue weighted by Gasteiger charge is 2.26. The minimum absolute atomic E-state index is 0.117. The monoisotopic (exact) mass is 324 g/mol. The quantitative estimate of drug-likeness (QED) is 0.732. The summed E-state index contributed by atoms with van der Waals surface area (Å²) in [5, 5.41) is 6.85. The van der Waals surface area contributed by atoms with E-state index in [1.54, 1.807) is 6.07 Å². The zero-order valence-electron chi connectivity index (χ0n) is 12.0. The van der Waals surface area contributed by atoms with Gasteiger partial charge in [-0.05, 0) is 48.5 Å². The summed E-state index contributed by atoms with van der Waals surface area (Å²) in [6.45, 7) is 0. The average molecular weight is 325 g/mol. The summed E-state index contributed by atoms with van der Waals surface area (Å²) in [7, 11) is 0. The summed E-state index contributed by atoms with van der Waals surface area (Å²) in [5.41, 5.74) is 2.36. The van der Waals surface area contributed by atoms with Crippen LogP contribution in [0.4, 0.5) is 5.69 Å². The Morgan fingerprint density at radius 1 is 0.913 bits per heavy atom. The predicted molar refractivity (Wildman–Crippen MR) is 89.4 cm³/mol. The van der Waals surface area contributed by atoms with Gasteiger partial charge >= 0.3 is 0 Å². The molecule has 3 aromatic rings. The summed E-state index contributed by atoms with van der Waals surface area (Å²) in [5.74, 6) is 1.26. The lowest BCUT2D eigenvalue weighted by molar-refractivity contribution is 0.0931. The summed E-state index contributed by atoms with van der Waals surface area (Å²) in [4.78, 5) is 12.2. The Morgan fingerprint density at radius 3 is 2.52 bits per heavy atom. The van der Waals surface area contributed by atoms with E-state index in [0.717, 1.165) is 17.0 Å². The number of rotatable bonds is 2. The third-order valence-corrected chi connectivity index (χ3v) is 4.04. The molecule has 1 aromatic heterocycles. The van der Waals surface area contributed by atoms with Gasteiger partial charge in [0.15, 0.2) is 6.17 Å². The first-order valence-corrected chi connectivity index (χ1v) is 7.60. The van der Waals surface area contributed by atoms with Gasteiger partial charge in [0.05, 0.1) is 5.56 Å². The summed E-state index contributed by atoms with van der Waals surface area (Å²) in [6.07, 6.45) is -0.390. The molecule has 0 saturated carbocycles. The van der Waals surface area contributed by atoms with E-state index in [2.05, 4.69) is 10.6 Å². The van der Waals surface area contributed by atoms with Crippen molar-refractivity contribution in [2.75, 3.05) is 5.32 Å². The molecule has 4 nitrogen and oxygen atoms in total. The van der Waals surface area contributed by atoms with E-state index in [9.17, 15) is 4.79 Å². The molecule has 0 unspecified atom stereocenters. The number of benzene rings is 2. The fraction of sp³-hybridized carbons (Fsp3) is 0.0556. The molecule has 1 atom stereocenters. The van der Waals surface area contributed by atoms with Gasteiger partial charge in [-0.1, -0.05) is 23.7 Å². The molecule has 1 amide bonds. The van der Waals surface area contributed by atoms with Crippen molar-refractivity contribution in [3.8, 4) is 11.3 Å². The molecule has 23 heavy (non-hydrogen) atoms. The topological polar surface area (TPSA) is 54.3 Å². The van der Waals surface area contributed by atoms with Gasteiger partial charge in [0, 0.05) is 16.3 Å². The van der Waals surface area contributed by atoms with Gasteiger partial charge in [0.1, 0.15) is 11.5 Å². The van der Waals surface area contributed by atoms with Crippen molar-refractivity contribution >= 4 is 23.2 Å². The molecule has 4 rings (SSSR count). The smallest absolute Gasteiger partial charge is 0.255 e. The highest BCUT2D eigenvalue weighted by atomic mass is 35.5. The molecular formula is C18H13ClN2O2. The van der Waals surface area contributed by atoms with Crippen LogP contribution in [-0.4, -0.2) is 5.91 Å². The summed E-state index contributed by atoms with van der Waals surface area (Å²) >= 11 is 5.90. The minimum Gasteiger partial charge on any atom is -0.457 e. The molecule has 0 bridgehead atoms. The van der Waals surface area contributed by atoms with Crippen molar-refractivity contribution in [3.63, 3.8) is 0 Å². The first-order chi connectivity index (χ1) is 11.2. The minimum atomic E-state index is -0.390. The van der Waals surface area contributed by atoms with Crippen LogP contribution in [0.15, 0.2) is 65.1 Å². The maximum absolute atomic E-state index is 12.2. The average Bonchev–Trinajstić information content (AvgIpc) is 3.05. The van der Waals surface area contributed by atoms with Crippen LogP contribution in [0.1, 0.15) is 22.3 Å². The number of halogens is 1. The Bertz CT molecular complexity index is 871. The van der Waals surface area contributed by atoms with Gasteiger partial charge in [-0.25, -0.2) is 0 Å². The van der Waals surface area contributed by atoms with E-state index < -0.39 is 6.17 Å². The van der Waals surface area contributed by atoms with Crippen LogP contribution in [0.3, 0.4) is 0 Å². The second-order valence-corrected chi connectivity index (χ2v) is 5.74. The highest BCUT2D eigenvalue weighted by Crippen LogP contribution is 2.30. The molecule has 5 heteroatoms. The summed E-state index contributed by atoms with van der Waals surface area (Å²) in [6, 6.07) is 18.6. The van der Waals surface area contributed by atoms with Gasteiger partial charge in [-0.2, -0.15) is 0 Å². The Kier molecular flexibility index (Phi) is 3.32. The molecule has 0 fully saturated rings. The van der Waals surface area contributed by atoms with Crippen molar-refractivity contribution in [3.05, 3.63) is 77.0 Å². The van der Waals surface area contributed by atoms with Gasteiger partial charge in [0.25, 0.3) is 5.91 Å². The van der Waals surface area contributed by atoms with E-state index in [-0.39, 0.29) is 5.91 Å². The first kappa shape index (κ1) is 13.9. The molecule has 0 spiro atoms. The third-order valence-electron chi connectivity index (χ3n) is 3.79. The molecule has 0 aliphatic carbocycles. The van der Waals surface area contributed by atoms with Gasteiger partial charge in [-0.15, -0.1) is 0 Å². The van der Waals surface area contributed by atoms with Crippen LogP contribution in [0.2, 0.25) is 5.02 Å². The third kappa shape index (κ3) is 2.58. The number of carbonyl (C=O) groups excluding carboxylic acids is 1. The maximum Gasteiger partial charge on any atom is 0.255 e. The largest absolute Gasteiger partial charge is 0.457 e. The van der Waals surface area contributed by atoms with Gasteiger partial charge in [-0.3, -0.25) is 4.79 Å². The number of carbonyl (C=O) groups is 1. The number of hydrogen-bond donors (Lipinski definition) is 2. The number of para-hydroxylation sites is 1. The van der Waals surface area contributed by atoms with Crippen LogP contribution in [0.5, 0.6) is 0 Å². The van der Waals surface area contributed by atoms with Gasteiger partial charge in [0.2, 0.25) is 0 Å². The van der Waals surface area contributed by atoms with Gasteiger partial charge < -0.3 is 15.1 Å². The molecule has 0 radical (unpaired) electrons. The van der Waals surface area contributed by atoms with Crippen molar-refractivity contribution in [1.82, 2.24) is 5.32 Å². The molecule has 1 aliphatic heterocycles. The Balaban J connectivity index is 1.63. The number of hydrogen-bond acceptors (Lipinski definition) is 3. The number of furan rings is 1. The second-order valence-electron chi connectivity index (χ2n) is 5.31. The maximum atomic E-state index is 12.2. The lowest BCUT2D eigenvalue weighted by Crippen LogP contribution is -2.38. The van der Waals surface area contributed by atoms with Crippen molar-refractivity contribution in [2.24, 2.45) is 0 Å². The Morgan fingerprint density at radius 2 is 1.70 bits per heavy atom. The van der Waals surface area contributed by atoms with E-state index in [0.29, 0.717) is 16.3 Å². The number of fused-ring (bicyclic) bond motifs is 1. The van der Waals surface area contributed by atoms with Crippen molar-refractivity contribution < 1.29 is 9.21 Å². The lowest BCUT2D eigenvalue weighted by atomic mass is 10.1.